The Morgan fingerprint density at radius 1 is 1.48 bits per heavy atom. The third-order valence-electron chi connectivity index (χ3n) is 3.22. The average molecular weight is 287 g/mol. The smallest absolute Gasteiger partial charge is 0.287 e. The van der Waals surface area contributed by atoms with E-state index >= 15 is 0 Å². The molecule has 0 spiro atoms. The molecule has 3 aromatic rings. The first-order chi connectivity index (χ1) is 10.1. The van der Waals surface area contributed by atoms with Crippen molar-refractivity contribution in [2.45, 2.75) is 13.5 Å². The number of nitrogens with zero attached hydrogens (tertiary/aromatic N) is 3. The number of halogens is 1. The number of aryl methyl sites for hydroxylation is 1. The molecule has 0 aliphatic rings. The zero-order valence-electron chi connectivity index (χ0n) is 11.4. The topological polar surface area (TPSA) is 75.6 Å². The molecule has 0 saturated carbocycles. The Hall–Kier alpha value is -2.70. The maximum Gasteiger partial charge on any atom is 0.287 e. The molecule has 108 valence electrons. The molecule has 3 rings (SSSR count). The SMILES string of the molecule is Cc1nccn1CCNC(=O)c1nc2ccc(F)cc2[nH]1. The van der Waals surface area contributed by atoms with Crippen molar-refractivity contribution in [1.29, 1.82) is 0 Å². The molecule has 1 amide bonds. The van der Waals surface area contributed by atoms with Crippen LogP contribution >= 0.6 is 0 Å². The molecule has 0 saturated heterocycles. The van der Waals surface area contributed by atoms with Gasteiger partial charge in [0.25, 0.3) is 5.91 Å². The minimum absolute atomic E-state index is 0.179. The van der Waals surface area contributed by atoms with Gasteiger partial charge in [0.05, 0.1) is 11.0 Å². The highest BCUT2D eigenvalue weighted by molar-refractivity contribution is 5.94. The molecule has 7 heteroatoms. The Morgan fingerprint density at radius 3 is 3.10 bits per heavy atom. The first-order valence-electron chi connectivity index (χ1n) is 6.55. The lowest BCUT2D eigenvalue weighted by Crippen LogP contribution is -2.28. The number of hydrogen-bond donors (Lipinski definition) is 2. The standard InChI is InChI=1S/C14H14FN5O/c1-9-16-4-6-20(9)7-5-17-14(21)13-18-11-3-2-10(15)8-12(11)19-13/h2-4,6,8H,5,7H2,1H3,(H,17,21)(H,18,19). The van der Waals surface area contributed by atoms with E-state index in [4.69, 9.17) is 0 Å². The zero-order valence-corrected chi connectivity index (χ0v) is 11.4. The number of H-pyrrole nitrogens is 1. The van der Waals surface area contributed by atoms with Gasteiger partial charge in [0.2, 0.25) is 0 Å². The summed E-state index contributed by atoms with van der Waals surface area (Å²) >= 11 is 0. The Bertz CT molecular complexity index is 792. The van der Waals surface area contributed by atoms with E-state index in [1.165, 1.54) is 18.2 Å². The van der Waals surface area contributed by atoms with Crippen LogP contribution < -0.4 is 5.32 Å². The lowest BCUT2D eigenvalue weighted by Gasteiger charge is -2.05. The number of carbonyl (C=O) groups is 1. The number of carbonyl (C=O) groups excluding carboxylic acids is 1. The van der Waals surface area contributed by atoms with Gasteiger partial charge in [-0.15, -0.1) is 0 Å². The van der Waals surface area contributed by atoms with Crippen molar-refractivity contribution in [1.82, 2.24) is 24.8 Å². The molecule has 1 aromatic carbocycles. The van der Waals surface area contributed by atoms with Gasteiger partial charge < -0.3 is 14.9 Å². The molecule has 0 radical (unpaired) electrons. The monoisotopic (exact) mass is 287 g/mol. The van der Waals surface area contributed by atoms with Gasteiger partial charge in [-0.25, -0.2) is 14.4 Å². The number of nitrogens with one attached hydrogen (secondary N) is 2. The number of aromatic nitrogens is 4. The van der Waals surface area contributed by atoms with Crippen LogP contribution in [0.25, 0.3) is 11.0 Å². The van der Waals surface area contributed by atoms with Crippen molar-refractivity contribution in [2.75, 3.05) is 6.54 Å². The van der Waals surface area contributed by atoms with Crippen LogP contribution in [-0.4, -0.2) is 32.0 Å². The molecule has 0 aliphatic heterocycles. The van der Waals surface area contributed by atoms with Crippen LogP contribution in [0.1, 0.15) is 16.4 Å². The molecule has 0 fully saturated rings. The summed E-state index contributed by atoms with van der Waals surface area (Å²) in [4.78, 5) is 23.0. The van der Waals surface area contributed by atoms with Crippen LogP contribution in [-0.2, 0) is 6.54 Å². The fraction of sp³-hybridized carbons (Fsp3) is 0.214. The Labute approximate surface area is 120 Å². The van der Waals surface area contributed by atoms with Crippen LogP contribution in [0, 0.1) is 12.7 Å². The number of hydrogen-bond acceptors (Lipinski definition) is 3. The lowest BCUT2D eigenvalue weighted by molar-refractivity contribution is 0.0943. The van der Waals surface area contributed by atoms with Crippen LogP contribution in [0.5, 0.6) is 0 Å². The van der Waals surface area contributed by atoms with Crippen LogP contribution in [0.2, 0.25) is 0 Å². The van der Waals surface area contributed by atoms with Crippen molar-refractivity contribution >= 4 is 16.9 Å². The number of benzene rings is 1. The summed E-state index contributed by atoms with van der Waals surface area (Å²) in [6, 6.07) is 4.16. The van der Waals surface area contributed by atoms with Crippen molar-refractivity contribution in [3.63, 3.8) is 0 Å². The minimum Gasteiger partial charge on any atom is -0.348 e. The number of amides is 1. The Kier molecular flexibility index (Phi) is 3.39. The quantitative estimate of drug-likeness (QED) is 0.766. The van der Waals surface area contributed by atoms with E-state index in [1.54, 1.807) is 6.20 Å². The second-order valence-corrected chi connectivity index (χ2v) is 4.67. The highest BCUT2D eigenvalue weighted by Gasteiger charge is 2.11. The predicted octanol–water partition coefficient (Wildman–Crippen LogP) is 1.64. The predicted molar refractivity (Wildman–Crippen MR) is 75.3 cm³/mol. The number of fused-ring (bicyclic) bond motifs is 1. The summed E-state index contributed by atoms with van der Waals surface area (Å²) in [5.41, 5.74) is 1.07. The number of aromatic amines is 1. The van der Waals surface area contributed by atoms with E-state index in [9.17, 15) is 9.18 Å². The second kappa shape index (κ2) is 5.35. The number of rotatable bonds is 4. The molecule has 2 aromatic heterocycles. The van der Waals surface area contributed by atoms with E-state index in [2.05, 4.69) is 20.3 Å². The molecule has 21 heavy (non-hydrogen) atoms. The van der Waals surface area contributed by atoms with Crippen LogP contribution in [0.4, 0.5) is 4.39 Å². The summed E-state index contributed by atoms with van der Waals surface area (Å²) in [6.07, 6.45) is 3.57. The third-order valence-corrected chi connectivity index (χ3v) is 3.22. The molecule has 2 N–H and O–H groups in total. The summed E-state index contributed by atoms with van der Waals surface area (Å²) in [5, 5.41) is 2.76. The second-order valence-electron chi connectivity index (χ2n) is 4.67. The van der Waals surface area contributed by atoms with Crippen molar-refractivity contribution < 1.29 is 9.18 Å². The molecule has 0 unspecified atom stereocenters. The van der Waals surface area contributed by atoms with Gasteiger partial charge >= 0.3 is 0 Å². The molecule has 0 aliphatic carbocycles. The van der Waals surface area contributed by atoms with E-state index in [0.717, 1.165) is 5.82 Å². The maximum absolute atomic E-state index is 13.1. The molecule has 2 heterocycles. The minimum atomic E-state index is -0.367. The van der Waals surface area contributed by atoms with Gasteiger partial charge in [-0.2, -0.15) is 0 Å². The molecule has 0 atom stereocenters. The first kappa shape index (κ1) is 13.3. The fourth-order valence-electron chi connectivity index (χ4n) is 2.10. The highest BCUT2D eigenvalue weighted by atomic mass is 19.1. The highest BCUT2D eigenvalue weighted by Crippen LogP contribution is 2.12. The van der Waals surface area contributed by atoms with Gasteiger partial charge in [-0.3, -0.25) is 4.79 Å². The van der Waals surface area contributed by atoms with Crippen molar-refractivity contribution in [3.8, 4) is 0 Å². The molecule has 0 bridgehead atoms. The van der Waals surface area contributed by atoms with E-state index in [1.807, 2.05) is 17.7 Å². The third kappa shape index (κ3) is 2.76. The number of imidazole rings is 2. The summed E-state index contributed by atoms with van der Waals surface area (Å²) in [5.74, 6) is 0.388. The van der Waals surface area contributed by atoms with Gasteiger partial charge in [-0.1, -0.05) is 0 Å². The zero-order chi connectivity index (χ0) is 14.8. The normalized spacial score (nSPS) is 11.0. The van der Waals surface area contributed by atoms with Crippen molar-refractivity contribution in [3.05, 3.63) is 48.1 Å². The van der Waals surface area contributed by atoms with Gasteiger partial charge in [0, 0.05) is 25.5 Å². The summed E-state index contributed by atoms with van der Waals surface area (Å²) < 4.78 is 15.0. The molecule has 6 nitrogen and oxygen atoms in total. The maximum atomic E-state index is 13.1. The van der Waals surface area contributed by atoms with Crippen LogP contribution in [0.3, 0.4) is 0 Å². The molecular weight excluding hydrogens is 273 g/mol. The largest absolute Gasteiger partial charge is 0.348 e. The van der Waals surface area contributed by atoms with E-state index in [0.29, 0.717) is 24.1 Å². The van der Waals surface area contributed by atoms with Gasteiger partial charge in [0.1, 0.15) is 11.6 Å². The summed E-state index contributed by atoms with van der Waals surface area (Å²) in [7, 11) is 0. The van der Waals surface area contributed by atoms with Gasteiger partial charge in [0.15, 0.2) is 5.82 Å². The Balaban J connectivity index is 1.65. The van der Waals surface area contributed by atoms with E-state index in [-0.39, 0.29) is 17.5 Å². The molecular formula is C14H14FN5O. The Morgan fingerprint density at radius 2 is 2.33 bits per heavy atom. The van der Waals surface area contributed by atoms with Crippen molar-refractivity contribution in [2.24, 2.45) is 0 Å². The average Bonchev–Trinajstić information content (AvgIpc) is 3.05. The van der Waals surface area contributed by atoms with Gasteiger partial charge in [-0.05, 0) is 25.1 Å². The van der Waals surface area contributed by atoms with E-state index < -0.39 is 0 Å². The lowest BCUT2D eigenvalue weighted by atomic mass is 10.3. The van der Waals surface area contributed by atoms with Crippen LogP contribution in [0.15, 0.2) is 30.6 Å². The summed E-state index contributed by atoms with van der Waals surface area (Å²) in [6.45, 7) is 2.99. The fourth-order valence-corrected chi connectivity index (χ4v) is 2.10. The first-order valence-corrected chi connectivity index (χ1v) is 6.55.